The van der Waals surface area contributed by atoms with E-state index < -0.39 is 0 Å². The zero-order chi connectivity index (χ0) is 14.3. The summed E-state index contributed by atoms with van der Waals surface area (Å²) in [6, 6.07) is 23.2. The van der Waals surface area contributed by atoms with Crippen molar-refractivity contribution in [3.8, 4) is 11.1 Å². The monoisotopic (exact) mass is 274 g/mol. The molecule has 3 aromatic rings. The molecular formula is C19H18N2. The molecule has 2 heteroatoms. The van der Waals surface area contributed by atoms with Crippen LogP contribution in [0.25, 0.3) is 11.1 Å². The van der Waals surface area contributed by atoms with Crippen LogP contribution in [0.15, 0.2) is 79.1 Å². The molecule has 0 aliphatic rings. The maximum atomic E-state index is 4.01. The number of rotatable bonds is 5. The number of nitrogens with one attached hydrogen (secondary N) is 1. The molecule has 1 N–H and O–H groups in total. The quantitative estimate of drug-likeness (QED) is 0.745. The fourth-order valence-electron chi connectivity index (χ4n) is 2.32. The minimum absolute atomic E-state index is 0.925. The van der Waals surface area contributed by atoms with Crippen molar-refractivity contribution in [2.45, 2.75) is 6.42 Å². The Labute approximate surface area is 125 Å². The average molecular weight is 274 g/mol. The molecule has 0 saturated heterocycles. The lowest BCUT2D eigenvalue weighted by Crippen LogP contribution is -2.04. The van der Waals surface area contributed by atoms with E-state index in [0.29, 0.717) is 0 Å². The largest absolute Gasteiger partial charge is 0.385 e. The normalized spacial score (nSPS) is 10.3. The number of pyridine rings is 1. The van der Waals surface area contributed by atoms with Gasteiger partial charge in [0.25, 0.3) is 0 Å². The van der Waals surface area contributed by atoms with E-state index in [2.05, 4.69) is 58.8 Å². The summed E-state index contributed by atoms with van der Waals surface area (Å²) in [5, 5.41) is 3.40. The molecule has 0 spiro atoms. The lowest BCUT2D eigenvalue weighted by molar-refractivity contribution is 1.02. The number of hydrogen-bond acceptors (Lipinski definition) is 2. The highest BCUT2D eigenvalue weighted by Gasteiger charge is 1.98. The Hall–Kier alpha value is -2.61. The molecule has 0 bridgehead atoms. The van der Waals surface area contributed by atoms with Crippen LogP contribution in [0.3, 0.4) is 0 Å². The topological polar surface area (TPSA) is 24.9 Å². The van der Waals surface area contributed by atoms with Gasteiger partial charge in [-0.1, -0.05) is 54.6 Å². The molecule has 1 heterocycles. The van der Waals surface area contributed by atoms with Crippen LogP contribution in [0, 0.1) is 0 Å². The molecule has 0 saturated carbocycles. The van der Waals surface area contributed by atoms with Crippen molar-refractivity contribution < 1.29 is 0 Å². The molecule has 0 aliphatic carbocycles. The molecular weight excluding hydrogens is 256 g/mol. The Bertz CT molecular complexity index is 661. The summed E-state index contributed by atoms with van der Waals surface area (Å²) in [4.78, 5) is 4.01. The van der Waals surface area contributed by atoms with Crippen LogP contribution in [0.1, 0.15) is 5.56 Å². The van der Waals surface area contributed by atoms with Crippen molar-refractivity contribution in [1.29, 1.82) is 0 Å². The second-order valence-electron chi connectivity index (χ2n) is 4.98. The Morgan fingerprint density at radius 2 is 1.38 bits per heavy atom. The van der Waals surface area contributed by atoms with Gasteiger partial charge in [0, 0.05) is 24.6 Å². The van der Waals surface area contributed by atoms with Crippen molar-refractivity contribution >= 4 is 5.69 Å². The molecule has 0 radical (unpaired) electrons. The van der Waals surface area contributed by atoms with Crippen LogP contribution in [-0.2, 0) is 6.42 Å². The molecule has 0 atom stereocenters. The molecule has 0 unspecified atom stereocenters. The van der Waals surface area contributed by atoms with Gasteiger partial charge >= 0.3 is 0 Å². The summed E-state index contributed by atoms with van der Waals surface area (Å²) in [6.45, 7) is 0.925. The minimum Gasteiger partial charge on any atom is -0.385 e. The lowest BCUT2D eigenvalue weighted by atomic mass is 10.0. The van der Waals surface area contributed by atoms with Gasteiger partial charge in [-0.3, -0.25) is 4.98 Å². The van der Waals surface area contributed by atoms with Gasteiger partial charge in [-0.2, -0.15) is 0 Å². The standard InChI is InChI=1S/C19H18N2/c1-2-4-17(5-3-1)18-8-6-16(7-9-18)10-15-21-19-11-13-20-14-12-19/h1-9,11-14H,10,15H2,(H,20,21). The van der Waals surface area contributed by atoms with Crippen LogP contribution < -0.4 is 5.32 Å². The van der Waals surface area contributed by atoms with E-state index in [0.717, 1.165) is 18.7 Å². The summed E-state index contributed by atoms with van der Waals surface area (Å²) < 4.78 is 0. The predicted molar refractivity (Wildman–Crippen MR) is 88.3 cm³/mol. The zero-order valence-corrected chi connectivity index (χ0v) is 11.9. The van der Waals surface area contributed by atoms with Crippen LogP contribution in [0.5, 0.6) is 0 Å². The summed E-state index contributed by atoms with van der Waals surface area (Å²) in [5.74, 6) is 0. The van der Waals surface area contributed by atoms with Gasteiger partial charge in [-0.05, 0) is 35.2 Å². The zero-order valence-electron chi connectivity index (χ0n) is 11.9. The number of anilines is 1. The Kier molecular flexibility index (Phi) is 4.27. The molecule has 21 heavy (non-hydrogen) atoms. The summed E-state index contributed by atoms with van der Waals surface area (Å²) in [5.41, 5.74) is 4.99. The van der Waals surface area contributed by atoms with E-state index in [9.17, 15) is 0 Å². The number of benzene rings is 2. The van der Waals surface area contributed by atoms with Crippen LogP contribution >= 0.6 is 0 Å². The van der Waals surface area contributed by atoms with Crippen molar-refractivity contribution in [2.75, 3.05) is 11.9 Å². The van der Waals surface area contributed by atoms with Crippen molar-refractivity contribution in [3.05, 3.63) is 84.7 Å². The van der Waals surface area contributed by atoms with Gasteiger partial charge in [-0.25, -0.2) is 0 Å². The molecule has 0 fully saturated rings. The van der Waals surface area contributed by atoms with Crippen LogP contribution in [0.4, 0.5) is 5.69 Å². The van der Waals surface area contributed by atoms with Gasteiger partial charge in [0.1, 0.15) is 0 Å². The fourth-order valence-corrected chi connectivity index (χ4v) is 2.32. The lowest BCUT2D eigenvalue weighted by Gasteiger charge is -2.07. The number of aromatic nitrogens is 1. The summed E-state index contributed by atoms with van der Waals surface area (Å²) in [7, 11) is 0. The number of hydrogen-bond donors (Lipinski definition) is 1. The molecule has 0 aliphatic heterocycles. The maximum absolute atomic E-state index is 4.01. The van der Waals surface area contributed by atoms with E-state index in [1.54, 1.807) is 12.4 Å². The SMILES string of the molecule is c1ccc(-c2ccc(CCNc3ccncc3)cc2)cc1. The van der Waals surface area contributed by atoms with E-state index in [-0.39, 0.29) is 0 Å². The molecule has 0 amide bonds. The van der Waals surface area contributed by atoms with Crippen molar-refractivity contribution in [3.63, 3.8) is 0 Å². The Balaban J connectivity index is 1.58. The number of nitrogens with zero attached hydrogens (tertiary/aromatic N) is 1. The van der Waals surface area contributed by atoms with Crippen molar-refractivity contribution in [2.24, 2.45) is 0 Å². The second kappa shape index (κ2) is 6.71. The minimum atomic E-state index is 0.925. The van der Waals surface area contributed by atoms with Crippen LogP contribution in [-0.4, -0.2) is 11.5 Å². The van der Waals surface area contributed by atoms with Gasteiger partial charge in [-0.15, -0.1) is 0 Å². The molecule has 104 valence electrons. The van der Waals surface area contributed by atoms with Gasteiger partial charge in [0.2, 0.25) is 0 Å². The van der Waals surface area contributed by atoms with E-state index >= 15 is 0 Å². The van der Waals surface area contributed by atoms with E-state index in [1.807, 2.05) is 18.2 Å². The summed E-state index contributed by atoms with van der Waals surface area (Å²) >= 11 is 0. The van der Waals surface area contributed by atoms with Gasteiger partial charge < -0.3 is 5.32 Å². The van der Waals surface area contributed by atoms with E-state index in [1.165, 1.54) is 16.7 Å². The third kappa shape index (κ3) is 3.69. The predicted octanol–water partition coefficient (Wildman–Crippen LogP) is 4.40. The molecule has 2 nitrogen and oxygen atoms in total. The first kappa shape index (κ1) is 13.4. The Morgan fingerprint density at radius 1 is 0.714 bits per heavy atom. The van der Waals surface area contributed by atoms with E-state index in [4.69, 9.17) is 0 Å². The van der Waals surface area contributed by atoms with Crippen molar-refractivity contribution in [1.82, 2.24) is 4.98 Å². The smallest absolute Gasteiger partial charge is 0.0371 e. The first-order valence-electron chi connectivity index (χ1n) is 7.20. The van der Waals surface area contributed by atoms with Gasteiger partial charge in [0.05, 0.1) is 0 Å². The van der Waals surface area contributed by atoms with Gasteiger partial charge in [0.15, 0.2) is 0 Å². The average Bonchev–Trinajstić information content (AvgIpc) is 2.57. The third-order valence-corrected chi connectivity index (χ3v) is 3.48. The fraction of sp³-hybridized carbons (Fsp3) is 0.105. The first-order valence-corrected chi connectivity index (χ1v) is 7.20. The third-order valence-electron chi connectivity index (χ3n) is 3.48. The summed E-state index contributed by atoms with van der Waals surface area (Å²) in [6.07, 6.45) is 4.62. The molecule has 2 aromatic carbocycles. The second-order valence-corrected chi connectivity index (χ2v) is 4.98. The highest BCUT2D eigenvalue weighted by atomic mass is 14.9. The molecule has 3 rings (SSSR count). The highest BCUT2D eigenvalue weighted by molar-refractivity contribution is 5.63. The highest BCUT2D eigenvalue weighted by Crippen LogP contribution is 2.19. The van der Waals surface area contributed by atoms with Crippen LogP contribution in [0.2, 0.25) is 0 Å². The first-order chi connectivity index (χ1) is 10.4. The maximum Gasteiger partial charge on any atom is 0.0371 e. The Morgan fingerprint density at radius 3 is 2.10 bits per heavy atom. The molecule has 1 aromatic heterocycles.